The zero-order valence-electron chi connectivity index (χ0n) is 8.46. The predicted octanol–water partition coefficient (Wildman–Crippen LogP) is 2.11. The first-order valence-corrected chi connectivity index (χ1v) is 6.85. The van der Waals surface area contributed by atoms with E-state index in [1.54, 1.807) is 42.2 Å². The smallest absolute Gasteiger partial charge is 0.241 e. The SMILES string of the molecule is Cc1cc(-n2cccn2)ccc1S(=O)(=O)Cl. The maximum absolute atomic E-state index is 11.2. The van der Waals surface area contributed by atoms with Crippen molar-refractivity contribution < 1.29 is 8.42 Å². The third kappa shape index (κ3) is 2.10. The van der Waals surface area contributed by atoms with Gasteiger partial charge in [-0.3, -0.25) is 0 Å². The molecule has 0 saturated carbocycles. The molecule has 0 saturated heterocycles. The minimum absolute atomic E-state index is 0.130. The lowest BCUT2D eigenvalue weighted by Crippen LogP contribution is -1.99. The maximum atomic E-state index is 11.2. The van der Waals surface area contributed by atoms with Crippen LogP contribution in [0.1, 0.15) is 5.56 Å². The van der Waals surface area contributed by atoms with Gasteiger partial charge in [-0.25, -0.2) is 13.1 Å². The van der Waals surface area contributed by atoms with E-state index in [0.29, 0.717) is 5.56 Å². The molecule has 0 radical (unpaired) electrons. The Morgan fingerprint density at radius 3 is 2.62 bits per heavy atom. The van der Waals surface area contributed by atoms with Crippen LogP contribution in [0.4, 0.5) is 0 Å². The molecule has 2 rings (SSSR count). The third-order valence-electron chi connectivity index (χ3n) is 2.19. The fourth-order valence-electron chi connectivity index (χ4n) is 1.47. The van der Waals surface area contributed by atoms with E-state index in [9.17, 15) is 8.42 Å². The van der Waals surface area contributed by atoms with Gasteiger partial charge in [-0.05, 0) is 36.8 Å². The molecule has 84 valence electrons. The summed E-state index contributed by atoms with van der Waals surface area (Å²) in [6.07, 6.45) is 3.44. The maximum Gasteiger partial charge on any atom is 0.261 e. The lowest BCUT2D eigenvalue weighted by Gasteiger charge is -2.05. The number of halogens is 1. The average molecular weight is 257 g/mol. The van der Waals surface area contributed by atoms with Crippen LogP contribution < -0.4 is 0 Å². The Kier molecular flexibility index (Phi) is 2.73. The van der Waals surface area contributed by atoms with Gasteiger partial charge in [0.05, 0.1) is 10.6 Å². The Morgan fingerprint density at radius 2 is 2.12 bits per heavy atom. The Labute approximate surface area is 97.9 Å². The normalized spacial score (nSPS) is 11.6. The van der Waals surface area contributed by atoms with Gasteiger partial charge in [-0.2, -0.15) is 5.10 Å². The van der Waals surface area contributed by atoms with E-state index in [2.05, 4.69) is 5.10 Å². The number of hydrogen-bond acceptors (Lipinski definition) is 3. The van der Waals surface area contributed by atoms with E-state index < -0.39 is 9.05 Å². The Hall–Kier alpha value is -1.33. The van der Waals surface area contributed by atoms with Gasteiger partial charge in [0.2, 0.25) is 0 Å². The molecule has 1 aromatic heterocycles. The van der Waals surface area contributed by atoms with E-state index in [-0.39, 0.29) is 4.90 Å². The molecule has 1 aromatic carbocycles. The molecule has 0 aliphatic heterocycles. The summed E-state index contributed by atoms with van der Waals surface area (Å²) in [6.45, 7) is 1.70. The van der Waals surface area contributed by atoms with Crippen LogP contribution in [-0.4, -0.2) is 18.2 Å². The molecule has 0 amide bonds. The fraction of sp³-hybridized carbons (Fsp3) is 0.100. The van der Waals surface area contributed by atoms with Crippen molar-refractivity contribution in [2.45, 2.75) is 11.8 Å². The van der Waals surface area contributed by atoms with Crippen LogP contribution in [-0.2, 0) is 9.05 Å². The highest BCUT2D eigenvalue weighted by Crippen LogP contribution is 2.21. The zero-order chi connectivity index (χ0) is 11.8. The first kappa shape index (κ1) is 11.2. The zero-order valence-corrected chi connectivity index (χ0v) is 10.0. The Morgan fingerprint density at radius 1 is 1.38 bits per heavy atom. The van der Waals surface area contributed by atoms with Crippen molar-refractivity contribution in [3.63, 3.8) is 0 Å². The first-order chi connectivity index (χ1) is 7.48. The minimum atomic E-state index is -3.68. The van der Waals surface area contributed by atoms with Crippen LogP contribution in [0.25, 0.3) is 5.69 Å². The molecule has 0 spiro atoms. The van der Waals surface area contributed by atoms with Crippen molar-refractivity contribution in [2.24, 2.45) is 0 Å². The molecule has 6 heteroatoms. The molecule has 0 atom stereocenters. The van der Waals surface area contributed by atoms with Crippen LogP contribution in [0.3, 0.4) is 0 Å². The van der Waals surface area contributed by atoms with Crippen LogP contribution in [0.2, 0.25) is 0 Å². The quantitative estimate of drug-likeness (QED) is 0.774. The number of nitrogens with zero attached hydrogens (tertiary/aromatic N) is 2. The van der Waals surface area contributed by atoms with Gasteiger partial charge in [-0.1, -0.05) is 0 Å². The summed E-state index contributed by atoms with van der Waals surface area (Å²) < 4.78 is 24.0. The molecule has 0 N–H and O–H groups in total. The molecule has 16 heavy (non-hydrogen) atoms. The van der Waals surface area contributed by atoms with Gasteiger partial charge in [0.1, 0.15) is 0 Å². The molecular formula is C10H9ClN2O2S. The highest BCUT2D eigenvalue weighted by atomic mass is 35.7. The van der Waals surface area contributed by atoms with Crippen LogP contribution in [0.5, 0.6) is 0 Å². The summed E-state index contributed by atoms with van der Waals surface area (Å²) >= 11 is 0. The van der Waals surface area contributed by atoms with Crippen LogP contribution in [0, 0.1) is 6.92 Å². The fourth-order valence-corrected chi connectivity index (χ4v) is 2.66. The summed E-state index contributed by atoms with van der Waals surface area (Å²) in [6, 6.07) is 6.66. The Balaban J connectivity index is 2.53. The topological polar surface area (TPSA) is 52.0 Å². The third-order valence-corrected chi connectivity index (χ3v) is 3.67. The van der Waals surface area contributed by atoms with Crippen molar-refractivity contribution in [1.29, 1.82) is 0 Å². The van der Waals surface area contributed by atoms with Crippen molar-refractivity contribution in [1.82, 2.24) is 9.78 Å². The van der Waals surface area contributed by atoms with Gasteiger partial charge < -0.3 is 0 Å². The van der Waals surface area contributed by atoms with Crippen molar-refractivity contribution in [3.8, 4) is 5.69 Å². The minimum Gasteiger partial charge on any atom is -0.241 e. The summed E-state index contributed by atoms with van der Waals surface area (Å²) in [4.78, 5) is 0.130. The van der Waals surface area contributed by atoms with Crippen molar-refractivity contribution in [3.05, 3.63) is 42.2 Å². The second-order valence-electron chi connectivity index (χ2n) is 3.34. The number of hydrogen-bond donors (Lipinski definition) is 0. The number of aromatic nitrogens is 2. The van der Waals surface area contributed by atoms with Crippen LogP contribution >= 0.6 is 10.7 Å². The van der Waals surface area contributed by atoms with E-state index in [1.165, 1.54) is 6.07 Å². The summed E-state index contributed by atoms with van der Waals surface area (Å²) in [5.41, 5.74) is 1.40. The second-order valence-corrected chi connectivity index (χ2v) is 5.87. The van der Waals surface area contributed by atoms with Gasteiger partial charge in [-0.15, -0.1) is 0 Å². The molecule has 0 bridgehead atoms. The van der Waals surface area contributed by atoms with Gasteiger partial charge in [0.25, 0.3) is 9.05 Å². The largest absolute Gasteiger partial charge is 0.261 e. The summed E-state index contributed by atoms with van der Waals surface area (Å²) in [5, 5.41) is 4.05. The number of benzene rings is 1. The highest BCUT2D eigenvalue weighted by Gasteiger charge is 2.13. The molecule has 4 nitrogen and oxygen atoms in total. The molecule has 0 aliphatic carbocycles. The van der Waals surface area contributed by atoms with Crippen molar-refractivity contribution >= 4 is 19.7 Å². The van der Waals surface area contributed by atoms with Gasteiger partial charge in [0.15, 0.2) is 0 Å². The monoisotopic (exact) mass is 256 g/mol. The predicted molar refractivity (Wildman–Crippen MR) is 61.3 cm³/mol. The average Bonchev–Trinajstić information content (AvgIpc) is 2.68. The van der Waals surface area contributed by atoms with E-state index >= 15 is 0 Å². The second kappa shape index (κ2) is 3.92. The van der Waals surface area contributed by atoms with Crippen molar-refractivity contribution in [2.75, 3.05) is 0 Å². The van der Waals surface area contributed by atoms with E-state index in [1.807, 2.05) is 0 Å². The Bertz CT molecular complexity index is 606. The molecule has 0 unspecified atom stereocenters. The molecule has 0 aliphatic rings. The van der Waals surface area contributed by atoms with E-state index in [4.69, 9.17) is 10.7 Å². The van der Waals surface area contributed by atoms with E-state index in [0.717, 1.165) is 5.69 Å². The summed E-state index contributed by atoms with van der Waals surface area (Å²) in [5.74, 6) is 0. The molecule has 2 aromatic rings. The van der Waals surface area contributed by atoms with Crippen LogP contribution in [0.15, 0.2) is 41.6 Å². The standard InChI is InChI=1S/C10H9ClN2O2S/c1-8-7-9(13-6-2-5-12-13)3-4-10(8)16(11,14)15/h2-7H,1H3. The number of rotatable bonds is 2. The lowest BCUT2D eigenvalue weighted by atomic mass is 10.2. The molecule has 0 fully saturated rings. The molecular weight excluding hydrogens is 248 g/mol. The summed E-state index contributed by atoms with van der Waals surface area (Å²) in [7, 11) is 1.61. The van der Waals surface area contributed by atoms with Gasteiger partial charge in [0, 0.05) is 23.1 Å². The lowest BCUT2D eigenvalue weighted by molar-refractivity contribution is 0.609. The highest BCUT2D eigenvalue weighted by molar-refractivity contribution is 8.13. The van der Waals surface area contributed by atoms with Gasteiger partial charge >= 0.3 is 0 Å². The number of aryl methyl sites for hydroxylation is 1. The molecule has 1 heterocycles. The first-order valence-electron chi connectivity index (χ1n) is 4.54.